The lowest BCUT2D eigenvalue weighted by Crippen LogP contribution is -2.54. The molecule has 2 aromatic carbocycles. The Morgan fingerprint density at radius 3 is 2.84 bits per heavy atom. The Morgan fingerprint density at radius 1 is 1.26 bits per heavy atom. The van der Waals surface area contributed by atoms with Gasteiger partial charge < -0.3 is 10.1 Å². The minimum Gasteiger partial charge on any atom is -0.459 e. The number of ether oxygens (including phenoxy) is 1. The Bertz CT molecular complexity index is 1100. The van der Waals surface area contributed by atoms with Crippen molar-refractivity contribution in [1.82, 2.24) is 5.32 Å². The van der Waals surface area contributed by atoms with Crippen LogP contribution in [0.5, 0.6) is 0 Å². The lowest BCUT2D eigenvalue weighted by molar-refractivity contribution is -0.189. The van der Waals surface area contributed by atoms with E-state index in [4.69, 9.17) is 27.9 Å². The Balaban J connectivity index is 1.54. The number of rotatable bonds is 3. The minimum atomic E-state index is -0.500. The van der Waals surface area contributed by atoms with Crippen LogP contribution in [-0.2, 0) is 20.9 Å². The number of halogens is 2. The van der Waals surface area contributed by atoms with E-state index in [0.717, 1.165) is 29.5 Å². The van der Waals surface area contributed by atoms with E-state index in [1.54, 1.807) is 12.1 Å². The van der Waals surface area contributed by atoms with E-state index in [-0.39, 0.29) is 30.1 Å². The molecule has 1 saturated carbocycles. The molecule has 5 rings (SSSR count). The van der Waals surface area contributed by atoms with Gasteiger partial charge in [0.15, 0.2) is 0 Å². The number of esters is 1. The maximum atomic E-state index is 13.7. The molecule has 1 heterocycles. The SMILES string of the molecule is Cc1cccc2c1C(C(=O)NCc1ccc(Cl)cc1Cl)C13CC(=O)OC(C)(CCC21)C3. The highest BCUT2D eigenvalue weighted by atomic mass is 35.5. The molecule has 2 aromatic rings. The molecular formula is C25H25Cl2NO3. The second-order valence-electron chi connectivity index (χ2n) is 9.57. The normalized spacial score (nSPS) is 30.9. The molecule has 1 aliphatic heterocycles. The lowest BCUT2D eigenvalue weighted by atomic mass is 9.56. The smallest absolute Gasteiger partial charge is 0.306 e. The molecular weight excluding hydrogens is 433 g/mol. The summed E-state index contributed by atoms with van der Waals surface area (Å²) in [6, 6.07) is 11.5. The summed E-state index contributed by atoms with van der Waals surface area (Å²) >= 11 is 12.3. The van der Waals surface area contributed by atoms with Gasteiger partial charge in [0.25, 0.3) is 0 Å². The molecule has 1 amide bonds. The summed E-state index contributed by atoms with van der Waals surface area (Å²) in [4.78, 5) is 26.4. The maximum absolute atomic E-state index is 13.7. The van der Waals surface area contributed by atoms with Crippen molar-refractivity contribution < 1.29 is 14.3 Å². The Morgan fingerprint density at radius 2 is 2.06 bits per heavy atom. The molecule has 31 heavy (non-hydrogen) atoms. The van der Waals surface area contributed by atoms with Crippen LogP contribution in [0.25, 0.3) is 0 Å². The molecule has 4 atom stereocenters. The van der Waals surface area contributed by atoms with Gasteiger partial charge in [0.2, 0.25) is 5.91 Å². The van der Waals surface area contributed by atoms with Gasteiger partial charge in [-0.15, -0.1) is 0 Å². The molecule has 2 aliphatic carbocycles. The van der Waals surface area contributed by atoms with Gasteiger partial charge in [-0.25, -0.2) is 0 Å². The molecule has 2 bridgehead atoms. The van der Waals surface area contributed by atoms with Crippen molar-refractivity contribution in [2.75, 3.05) is 0 Å². The summed E-state index contributed by atoms with van der Waals surface area (Å²) in [5.41, 5.74) is 3.29. The topological polar surface area (TPSA) is 55.4 Å². The van der Waals surface area contributed by atoms with E-state index in [1.165, 1.54) is 5.56 Å². The molecule has 1 spiro atoms. The number of hydrogen-bond donors (Lipinski definition) is 1. The zero-order chi connectivity index (χ0) is 22.0. The molecule has 6 heteroatoms. The number of amides is 1. The first-order chi connectivity index (χ1) is 14.7. The molecule has 0 aromatic heterocycles. The first-order valence-corrected chi connectivity index (χ1v) is 11.5. The summed E-state index contributed by atoms with van der Waals surface area (Å²) < 4.78 is 5.76. The highest BCUT2D eigenvalue weighted by molar-refractivity contribution is 6.35. The van der Waals surface area contributed by atoms with Crippen molar-refractivity contribution >= 4 is 35.1 Å². The number of fused-ring (bicyclic) bond motifs is 3. The van der Waals surface area contributed by atoms with Crippen LogP contribution in [0.3, 0.4) is 0 Å². The highest BCUT2D eigenvalue weighted by Crippen LogP contribution is 2.67. The van der Waals surface area contributed by atoms with Gasteiger partial charge in [-0.1, -0.05) is 47.5 Å². The van der Waals surface area contributed by atoms with E-state index in [0.29, 0.717) is 23.0 Å². The molecule has 4 nitrogen and oxygen atoms in total. The number of carbonyl (C=O) groups excluding carboxylic acids is 2. The van der Waals surface area contributed by atoms with E-state index in [1.807, 2.05) is 13.0 Å². The van der Waals surface area contributed by atoms with Crippen LogP contribution in [0, 0.1) is 12.3 Å². The Hall–Kier alpha value is -2.04. The highest BCUT2D eigenvalue weighted by Gasteiger charge is 2.64. The minimum absolute atomic E-state index is 0.0528. The summed E-state index contributed by atoms with van der Waals surface area (Å²) in [6.07, 6.45) is 2.74. The van der Waals surface area contributed by atoms with Crippen molar-refractivity contribution in [1.29, 1.82) is 0 Å². The third-order valence-electron chi connectivity index (χ3n) is 7.52. The second-order valence-corrected chi connectivity index (χ2v) is 10.4. The lowest BCUT2D eigenvalue weighted by Gasteiger charge is -2.53. The monoisotopic (exact) mass is 457 g/mol. The summed E-state index contributed by atoms with van der Waals surface area (Å²) in [6.45, 7) is 4.39. The Labute approximate surface area is 192 Å². The average Bonchev–Trinajstić information content (AvgIpc) is 2.94. The third-order valence-corrected chi connectivity index (χ3v) is 8.11. The van der Waals surface area contributed by atoms with Crippen LogP contribution in [-0.4, -0.2) is 17.5 Å². The van der Waals surface area contributed by atoms with Crippen LogP contribution in [0.1, 0.15) is 66.7 Å². The van der Waals surface area contributed by atoms with Crippen LogP contribution in [0.4, 0.5) is 0 Å². The Kier molecular flexibility index (Phi) is 4.87. The quantitative estimate of drug-likeness (QED) is 0.603. The zero-order valence-corrected chi connectivity index (χ0v) is 19.1. The standard InChI is InChI=1S/C25H25Cl2NO3/c1-14-4-3-5-17-18-8-9-24(2)13-25(18,11-20(29)31-24)22(21(14)17)23(30)28-12-15-6-7-16(26)10-19(15)27/h3-7,10,18,22H,8-9,11-13H2,1-2H3,(H,28,30). The maximum Gasteiger partial charge on any atom is 0.306 e. The molecule has 162 valence electrons. The summed E-state index contributed by atoms with van der Waals surface area (Å²) in [5, 5.41) is 4.19. The van der Waals surface area contributed by atoms with Crippen LogP contribution < -0.4 is 5.32 Å². The van der Waals surface area contributed by atoms with E-state index >= 15 is 0 Å². The van der Waals surface area contributed by atoms with Gasteiger partial charge in [0.1, 0.15) is 5.60 Å². The van der Waals surface area contributed by atoms with Crippen molar-refractivity contribution in [3.05, 3.63) is 68.7 Å². The largest absolute Gasteiger partial charge is 0.459 e. The fourth-order valence-corrected chi connectivity index (χ4v) is 6.87. The molecule has 2 fully saturated rings. The van der Waals surface area contributed by atoms with Gasteiger partial charge in [-0.2, -0.15) is 0 Å². The van der Waals surface area contributed by atoms with Gasteiger partial charge in [0, 0.05) is 22.0 Å². The van der Waals surface area contributed by atoms with E-state index in [2.05, 4.69) is 30.4 Å². The van der Waals surface area contributed by atoms with Crippen molar-refractivity contribution in [3.8, 4) is 0 Å². The number of carbonyl (C=O) groups is 2. The predicted octanol–water partition coefficient (Wildman–Crippen LogP) is 5.67. The van der Waals surface area contributed by atoms with E-state index in [9.17, 15) is 9.59 Å². The molecule has 4 unspecified atom stereocenters. The predicted molar refractivity (Wildman–Crippen MR) is 120 cm³/mol. The van der Waals surface area contributed by atoms with Gasteiger partial charge in [-0.3, -0.25) is 9.59 Å². The fourth-order valence-electron chi connectivity index (χ4n) is 6.40. The van der Waals surface area contributed by atoms with Crippen LogP contribution in [0.15, 0.2) is 36.4 Å². The second kappa shape index (κ2) is 7.25. The first-order valence-electron chi connectivity index (χ1n) is 10.8. The van der Waals surface area contributed by atoms with Gasteiger partial charge in [0.05, 0.1) is 12.3 Å². The number of nitrogens with one attached hydrogen (secondary N) is 1. The molecule has 1 saturated heterocycles. The fraction of sp³-hybridized carbons (Fsp3) is 0.440. The molecule has 1 N–H and O–H groups in total. The average molecular weight is 458 g/mol. The summed E-state index contributed by atoms with van der Waals surface area (Å²) in [7, 11) is 0. The molecule has 3 aliphatic rings. The van der Waals surface area contributed by atoms with Crippen molar-refractivity contribution in [2.24, 2.45) is 5.41 Å². The molecule has 0 radical (unpaired) electrons. The van der Waals surface area contributed by atoms with Crippen molar-refractivity contribution in [2.45, 2.75) is 63.5 Å². The van der Waals surface area contributed by atoms with E-state index < -0.39 is 11.0 Å². The van der Waals surface area contributed by atoms with Gasteiger partial charge in [-0.05, 0) is 73.4 Å². The van der Waals surface area contributed by atoms with Crippen LogP contribution in [0.2, 0.25) is 10.0 Å². The first kappa shape index (κ1) is 20.8. The number of hydrogen-bond acceptors (Lipinski definition) is 3. The van der Waals surface area contributed by atoms with Gasteiger partial charge >= 0.3 is 5.97 Å². The zero-order valence-electron chi connectivity index (χ0n) is 17.6. The third kappa shape index (κ3) is 3.27. The summed E-state index contributed by atoms with van der Waals surface area (Å²) in [5.74, 6) is -0.434. The number of benzene rings is 2. The number of aryl methyl sites for hydroxylation is 1. The van der Waals surface area contributed by atoms with Crippen molar-refractivity contribution in [3.63, 3.8) is 0 Å². The van der Waals surface area contributed by atoms with Crippen LogP contribution >= 0.6 is 23.2 Å².